The maximum absolute atomic E-state index is 12.4. The second kappa shape index (κ2) is 7.55. The van der Waals surface area contributed by atoms with Crippen molar-refractivity contribution in [2.45, 2.75) is 18.9 Å². The zero-order chi connectivity index (χ0) is 18.8. The maximum Gasteiger partial charge on any atom is 0.407 e. The van der Waals surface area contributed by atoms with E-state index >= 15 is 0 Å². The Balaban J connectivity index is 1.47. The van der Waals surface area contributed by atoms with Crippen LogP contribution in [0.2, 0.25) is 0 Å². The molecule has 1 heterocycles. The van der Waals surface area contributed by atoms with Crippen molar-refractivity contribution in [3.05, 3.63) is 81.5 Å². The van der Waals surface area contributed by atoms with Gasteiger partial charge in [-0.1, -0.05) is 48.5 Å². The number of aryl methyl sites for hydroxylation is 1. The van der Waals surface area contributed by atoms with Crippen LogP contribution >= 0.6 is 11.3 Å². The average molecular weight is 379 g/mol. The number of alkyl carbamates (subject to hydrolysis) is 1. The molecule has 0 bridgehead atoms. The molecule has 0 saturated carbocycles. The number of nitrogens with one attached hydrogen (secondary N) is 1. The zero-order valence-electron chi connectivity index (χ0n) is 15.0. The van der Waals surface area contributed by atoms with Crippen LogP contribution in [0.1, 0.15) is 33.5 Å². The highest BCUT2D eigenvalue weighted by Gasteiger charge is 2.29. The first kappa shape index (κ1) is 17.8. The molecule has 4 nitrogen and oxygen atoms in total. The van der Waals surface area contributed by atoms with E-state index < -0.39 is 12.1 Å². The van der Waals surface area contributed by atoms with E-state index in [-0.39, 0.29) is 19.1 Å². The first-order valence-corrected chi connectivity index (χ1v) is 9.83. The van der Waals surface area contributed by atoms with Crippen molar-refractivity contribution in [2.75, 3.05) is 13.2 Å². The van der Waals surface area contributed by atoms with E-state index in [1.807, 2.05) is 42.6 Å². The summed E-state index contributed by atoms with van der Waals surface area (Å²) in [7, 11) is 0. The molecule has 5 heteroatoms. The molecular weight excluding hydrogens is 358 g/mol. The van der Waals surface area contributed by atoms with Gasteiger partial charge in [-0.15, -0.1) is 11.3 Å². The van der Waals surface area contributed by atoms with Gasteiger partial charge in [0.05, 0.1) is 12.6 Å². The van der Waals surface area contributed by atoms with Crippen LogP contribution in [-0.4, -0.2) is 24.4 Å². The van der Waals surface area contributed by atoms with Crippen molar-refractivity contribution in [1.82, 2.24) is 5.32 Å². The lowest BCUT2D eigenvalue weighted by Gasteiger charge is -2.18. The number of hydrogen-bond donors (Lipinski definition) is 2. The van der Waals surface area contributed by atoms with Crippen LogP contribution in [0.3, 0.4) is 0 Å². The lowest BCUT2D eigenvalue weighted by Crippen LogP contribution is -2.32. The minimum atomic E-state index is -0.510. The molecule has 3 aromatic rings. The fourth-order valence-electron chi connectivity index (χ4n) is 3.72. The van der Waals surface area contributed by atoms with E-state index in [1.54, 1.807) is 0 Å². The van der Waals surface area contributed by atoms with E-state index in [4.69, 9.17) is 4.74 Å². The van der Waals surface area contributed by atoms with Gasteiger partial charge in [0.15, 0.2) is 0 Å². The molecule has 0 fully saturated rings. The van der Waals surface area contributed by atoms with Crippen molar-refractivity contribution in [1.29, 1.82) is 0 Å². The van der Waals surface area contributed by atoms with Gasteiger partial charge in [0.2, 0.25) is 0 Å². The van der Waals surface area contributed by atoms with Crippen LogP contribution in [0.25, 0.3) is 11.1 Å². The highest BCUT2D eigenvalue weighted by Crippen LogP contribution is 2.44. The lowest BCUT2D eigenvalue weighted by atomic mass is 9.98. The van der Waals surface area contributed by atoms with Crippen molar-refractivity contribution in [2.24, 2.45) is 0 Å². The van der Waals surface area contributed by atoms with E-state index in [9.17, 15) is 9.90 Å². The number of aliphatic hydroxyl groups excluding tert-OH is 1. The Morgan fingerprint density at radius 2 is 1.74 bits per heavy atom. The molecule has 1 unspecified atom stereocenters. The van der Waals surface area contributed by atoms with Gasteiger partial charge in [0.25, 0.3) is 0 Å². The maximum atomic E-state index is 12.4. The second-order valence-corrected chi connectivity index (χ2v) is 7.62. The van der Waals surface area contributed by atoms with Gasteiger partial charge in [-0.25, -0.2) is 4.79 Å². The third kappa shape index (κ3) is 3.36. The van der Waals surface area contributed by atoms with Gasteiger partial charge in [-0.05, 0) is 46.2 Å². The molecule has 4 rings (SSSR count). The third-order valence-corrected chi connectivity index (χ3v) is 6.17. The fraction of sp³-hybridized carbons (Fsp3) is 0.227. The first-order valence-electron chi connectivity index (χ1n) is 8.95. The highest BCUT2D eigenvalue weighted by molar-refractivity contribution is 7.10. The topological polar surface area (TPSA) is 58.6 Å². The van der Waals surface area contributed by atoms with Crippen LogP contribution in [0.15, 0.2) is 60.0 Å². The number of carbonyl (C=O) groups excluding carboxylic acids is 1. The minimum absolute atomic E-state index is 0.0270. The quantitative estimate of drug-likeness (QED) is 0.680. The standard InChI is InChI=1S/C22H21NO3S/c1-14-10-11-27-21(14)20(12-24)23-22(25)26-13-19-17-8-4-2-6-15(17)16-7-3-5-9-18(16)19/h2-11,19-20,24H,12-13H2,1H3,(H,23,25). The van der Waals surface area contributed by atoms with E-state index in [1.165, 1.54) is 33.6 Å². The number of benzene rings is 2. The van der Waals surface area contributed by atoms with Gasteiger partial charge in [-0.2, -0.15) is 0 Å². The molecule has 0 radical (unpaired) electrons. The largest absolute Gasteiger partial charge is 0.449 e. The van der Waals surface area contributed by atoms with Gasteiger partial charge < -0.3 is 15.2 Å². The van der Waals surface area contributed by atoms with Crippen LogP contribution in [0.5, 0.6) is 0 Å². The normalized spacial score (nSPS) is 13.7. The van der Waals surface area contributed by atoms with Gasteiger partial charge in [0.1, 0.15) is 6.61 Å². The summed E-state index contributed by atoms with van der Waals surface area (Å²) >= 11 is 1.52. The third-order valence-electron chi connectivity index (χ3n) is 5.04. The summed E-state index contributed by atoms with van der Waals surface area (Å²) in [6, 6.07) is 18.0. The van der Waals surface area contributed by atoms with E-state index in [2.05, 4.69) is 29.6 Å². The predicted octanol–water partition coefficient (Wildman–Crippen LogP) is 4.63. The van der Waals surface area contributed by atoms with Gasteiger partial charge in [-0.3, -0.25) is 0 Å². The molecule has 2 N–H and O–H groups in total. The smallest absolute Gasteiger partial charge is 0.407 e. The number of ether oxygens (including phenoxy) is 1. The number of hydrogen-bond acceptors (Lipinski definition) is 4. The Morgan fingerprint density at radius 3 is 2.30 bits per heavy atom. The summed E-state index contributed by atoms with van der Waals surface area (Å²) in [6.07, 6.45) is -0.510. The molecule has 1 atom stereocenters. The fourth-order valence-corrected chi connectivity index (χ4v) is 4.69. The van der Waals surface area contributed by atoms with Gasteiger partial charge >= 0.3 is 6.09 Å². The molecule has 0 spiro atoms. The number of aliphatic hydroxyl groups is 1. The van der Waals surface area contributed by atoms with Crippen molar-refractivity contribution >= 4 is 17.4 Å². The van der Waals surface area contributed by atoms with Crippen LogP contribution < -0.4 is 5.32 Å². The molecule has 1 aromatic heterocycles. The average Bonchev–Trinajstić information content (AvgIpc) is 3.26. The molecule has 0 saturated heterocycles. The first-order chi connectivity index (χ1) is 13.2. The molecule has 0 aliphatic heterocycles. The molecule has 27 heavy (non-hydrogen) atoms. The molecule has 1 aliphatic carbocycles. The Kier molecular flexibility index (Phi) is 4.97. The number of amides is 1. The Hall–Kier alpha value is -2.63. The van der Waals surface area contributed by atoms with Crippen molar-refractivity contribution < 1.29 is 14.6 Å². The highest BCUT2D eigenvalue weighted by atomic mass is 32.1. The number of rotatable bonds is 5. The molecule has 138 valence electrons. The SMILES string of the molecule is Cc1ccsc1C(CO)NC(=O)OCC1c2ccccc2-c2ccccc21. The zero-order valence-corrected chi connectivity index (χ0v) is 15.8. The van der Waals surface area contributed by atoms with E-state index in [0.717, 1.165) is 10.4 Å². The molecule has 2 aromatic carbocycles. The summed E-state index contributed by atoms with van der Waals surface area (Å²) in [5.41, 5.74) is 5.81. The number of thiophene rings is 1. The molecule has 1 aliphatic rings. The summed E-state index contributed by atoms with van der Waals surface area (Å²) in [4.78, 5) is 13.3. The van der Waals surface area contributed by atoms with Crippen LogP contribution in [0, 0.1) is 6.92 Å². The summed E-state index contributed by atoms with van der Waals surface area (Å²) in [5.74, 6) is 0.0270. The summed E-state index contributed by atoms with van der Waals surface area (Å²) in [6.45, 7) is 2.07. The van der Waals surface area contributed by atoms with Gasteiger partial charge in [0, 0.05) is 10.8 Å². The summed E-state index contributed by atoms with van der Waals surface area (Å²) < 4.78 is 5.55. The predicted molar refractivity (Wildman–Crippen MR) is 107 cm³/mol. The van der Waals surface area contributed by atoms with Crippen LogP contribution in [-0.2, 0) is 4.74 Å². The Bertz CT molecular complexity index is 920. The number of fused-ring (bicyclic) bond motifs is 3. The number of carbonyl (C=O) groups is 1. The Morgan fingerprint density at radius 1 is 1.11 bits per heavy atom. The van der Waals surface area contributed by atoms with E-state index in [0.29, 0.717) is 0 Å². The molecular formula is C22H21NO3S. The second-order valence-electron chi connectivity index (χ2n) is 6.67. The molecule has 1 amide bonds. The summed E-state index contributed by atoms with van der Waals surface area (Å²) in [5, 5.41) is 14.4. The Labute approximate surface area is 162 Å². The van der Waals surface area contributed by atoms with Crippen molar-refractivity contribution in [3.63, 3.8) is 0 Å². The van der Waals surface area contributed by atoms with Crippen molar-refractivity contribution in [3.8, 4) is 11.1 Å². The minimum Gasteiger partial charge on any atom is -0.449 e. The monoisotopic (exact) mass is 379 g/mol. The lowest BCUT2D eigenvalue weighted by molar-refractivity contribution is 0.132. The van der Waals surface area contributed by atoms with Crippen LogP contribution in [0.4, 0.5) is 4.79 Å².